The Morgan fingerprint density at radius 3 is 2.18 bits per heavy atom. The van der Waals surface area contributed by atoms with Gasteiger partial charge in [0.25, 0.3) is 0 Å². The maximum Gasteiger partial charge on any atom is 0.133 e. The van der Waals surface area contributed by atoms with Crippen LogP contribution in [0, 0.1) is 0 Å². The molecule has 0 bridgehead atoms. The summed E-state index contributed by atoms with van der Waals surface area (Å²) < 4.78 is 11.2. The summed E-state index contributed by atoms with van der Waals surface area (Å²) >= 11 is 3.37. The maximum absolute atomic E-state index is 6.03. The predicted molar refractivity (Wildman–Crippen MR) is 74.1 cm³/mol. The van der Waals surface area contributed by atoms with Gasteiger partial charge in [0, 0.05) is 0 Å². The third-order valence-corrected chi connectivity index (χ3v) is 3.31. The van der Waals surface area contributed by atoms with Gasteiger partial charge in [0.1, 0.15) is 11.5 Å². The van der Waals surface area contributed by atoms with Crippen molar-refractivity contribution in [1.29, 1.82) is 0 Å². The molecule has 1 aromatic rings. The second-order valence-electron chi connectivity index (χ2n) is 3.91. The monoisotopic (exact) mass is 293 g/mol. The van der Waals surface area contributed by atoms with Crippen LogP contribution in [-0.2, 0) is 5.21 Å². The highest BCUT2D eigenvalue weighted by Crippen LogP contribution is 2.37. The number of rotatable bonds is 4. The lowest BCUT2D eigenvalue weighted by Crippen LogP contribution is -2.44. The highest BCUT2D eigenvalue weighted by Gasteiger charge is 2.28. The predicted octanol–water partition coefficient (Wildman–Crippen LogP) is 1.30. The van der Waals surface area contributed by atoms with Crippen LogP contribution in [0.15, 0.2) is 16.6 Å². The zero-order valence-corrected chi connectivity index (χ0v) is 11.7. The number of hydrogen-bond donors (Lipinski definition) is 1. The Hall–Kier alpha value is -0.610. The average Bonchev–Trinajstić information content (AvgIpc) is 2.27. The average molecular weight is 294 g/mol. The Morgan fingerprint density at radius 2 is 1.76 bits per heavy atom. The van der Waals surface area contributed by atoms with Crippen molar-refractivity contribution in [3.05, 3.63) is 22.2 Å². The number of ether oxygens (including phenoxy) is 2. The standard InChI is InChI=1S/C11H14B2BrNO2/c1-6(15)11(12,13)7-4-10(17-3)8(14)5-9(7)16-2/h4-6H,15H2,1-3H3/t6-/m1/s1. The fraction of sp³-hybridized carbons (Fsp3) is 0.455. The van der Waals surface area contributed by atoms with Gasteiger partial charge in [-0.15, -0.1) is 0 Å². The van der Waals surface area contributed by atoms with E-state index in [9.17, 15) is 0 Å². The minimum absolute atomic E-state index is 0.428. The van der Waals surface area contributed by atoms with Gasteiger partial charge in [-0.1, -0.05) is 12.1 Å². The fourth-order valence-electron chi connectivity index (χ4n) is 1.44. The van der Waals surface area contributed by atoms with E-state index in [1.165, 1.54) is 0 Å². The van der Waals surface area contributed by atoms with Crippen LogP contribution in [0.1, 0.15) is 12.5 Å². The molecule has 0 spiro atoms. The second-order valence-corrected chi connectivity index (χ2v) is 4.76. The van der Waals surface area contributed by atoms with Crippen molar-refractivity contribution in [2.24, 2.45) is 5.73 Å². The summed E-state index contributed by atoms with van der Waals surface area (Å²) in [6.07, 6.45) is 0. The zero-order valence-electron chi connectivity index (χ0n) is 10.2. The van der Waals surface area contributed by atoms with Crippen molar-refractivity contribution in [3.8, 4) is 11.5 Å². The molecule has 1 atom stereocenters. The van der Waals surface area contributed by atoms with E-state index >= 15 is 0 Å². The summed E-state index contributed by atoms with van der Waals surface area (Å²) in [5, 5.41) is -1.18. The van der Waals surface area contributed by atoms with Crippen LogP contribution in [-0.4, -0.2) is 36.0 Å². The van der Waals surface area contributed by atoms with Crippen molar-refractivity contribution >= 4 is 31.6 Å². The second kappa shape index (κ2) is 5.36. The largest absolute Gasteiger partial charge is 0.496 e. The molecule has 0 aliphatic heterocycles. The lowest BCUT2D eigenvalue weighted by atomic mass is 9.47. The van der Waals surface area contributed by atoms with Crippen molar-refractivity contribution in [1.82, 2.24) is 0 Å². The van der Waals surface area contributed by atoms with Gasteiger partial charge in [-0.3, -0.25) is 0 Å². The number of halogens is 1. The van der Waals surface area contributed by atoms with E-state index < -0.39 is 11.3 Å². The molecule has 2 N–H and O–H groups in total. The summed E-state index contributed by atoms with van der Waals surface area (Å²) in [5.41, 5.74) is 6.40. The molecule has 0 amide bonds. The van der Waals surface area contributed by atoms with E-state index in [4.69, 9.17) is 30.9 Å². The molecule has 0 heterocycles. The first-order valence-electron chi connectivity index (χ1n) is 5.10. The molecule has 3 nitrogen and oxygen atoms in total. The van der Waals surface area contributed by atoms with Crippen molar-refractivity contribution in [2.45, 2.75) is 18.2 Å². The van der Waals surface area contributed by atoms with E-state index in [0.29, 0.717) is 17.1 Å². The van der Waals surface area contributed by atoms with E-state index in [0.717, 1.165) is 4.47 Å². The summed E-state index contributed by atoms with van der Waals surface area (Å²) in [5.74, 6) is 1.20. The molecule has 4 radical (unpaired) electrons. The van der Waals surface area contributed by atoms with Crippen LogP contribution >= 0.6 is 15.9 Å². The van der Waals surface area contributed by atoms with Gasteiger partial charge in [0.2, 0.25) is 0 Å². The first-order valence-corrected chi connectivity index (χ1v) is 5.89. The van der Waals surface area contributed by atoms with Crippen LogP contribution in [0.5, 0.6) is 11.5 Å². The Balaban J connectivity index is 3.40. The molecule has 1 rings (SSSR count). The van der Waals surface area contributed by atoms with Gasteiger partial charge in [-0.2, -0.15) is 0 Å². The number of methoxy groups -OCH3 is 2. The lowest BCUT2D eigenvalue weighted by molar-refractivity contribution is 0.393. The van der Waals surface area contributed by atoms with E-state index in [-0.39, 0.29) is 0 Å². The minimum Gasteiger partial charge on any atom is -0.496 e. The highest BCUT2D eigenvalue weighted by molar-refractivity contribution is 9.10. The quantitative estimate of drug-likeness (QED) is 0.851. The number of nitrogens with two attached hydrogens (primary N) is 1. The molecule has 0 saturated heterocycles. The van der Waals surface area contributed by atoms with Crippen molar-refractivity contribution < 1.29 is 9.47 Å². The molecule has 0 aliphatic rings. The van der Waals surface area contributed by atoms with Crippen LogP contribution < -0.4 is 15.2 Å². The molecule has 0 fully saturated rings. The summed E-state index contributed by atoms with van der Waals surface area (Å²) in [4.78, 5) is 0. The third kappa shape index (κ3) is 2.80. The Kier molecular flexibility index (Phi) is 4.55. The van der Waals surface area contributed by atoms with E-state index in [1.54, 1.807) is 33.3 Å². The van der Waals surface area contributed by atoms with Gasteiger partial charge in [-0.05, 0) is 39.7 Å². The smallest absolute Gasteiger partial charge is 0.133 e. The summed E-state index contributed by atoms with van der Waals surface area (Å²) in [7, 11) is 15.2. The normalized spacial score (nSPS) is 13.2. The summed E-state index contributed by atoms with van der Waals surface area (Å²) in [6, 6.07) is 3.05. The minimum atomic E-state index is -1.18. The van der Waals surface area contributed by atoms with Gasteiger partial charge < -0.3 is 15.2 Å². The van der Waals surface area contributed by atoms with Crippen LogP contribution in [0.3, 0.4) is 0 Å². The molecule has 0 unspecified atom stereocenters. The Morgan fingerprint density at radius 1 is 1.24 bits per heavy atom. The van der Waals surface area contributed by atoms with Crippen LogP contribution in [0.25, 0.3) is 0 Å². The maximum atomic E-state index is 6.03. The van der Waals surface area contributed by atoms with Gasteiger partial charge in [-0.25, -0.2) is 0 Å². The number of hydrogen-bond acceptors (Lipinski definition) is 3. The highest BCUT2D eigenvalue weighted by atomic mass is 79.9. The first-order chi connectivity index (χ1) is 7.84. The van der Waals surface area contributed by atoms with E-state index in [1.807, 2.05) is 0 Å². The van der Waals surface area contributed by atoms with Crippen molar-refractivity contribution in [3.63, 3.8) is 0 Å². The van der Waals surface area contributed by atoms with Gasteiger partial charge in [0.15, 0.2) is 0 Å². The molecular formula is C11H14B2BrNO2. The fourth-order valence-corrected chi connectivity index (χ4v) is 1.93. The first kappa shape index (κ1) is 14.5. The topological polar surface area (TPSA) is 44.5 Å². The van der Waals surface area contributed by atoms with Gasteiger partial charge in [0.05, 0.1) is 34.4 Å². The molecule has 0 aliphatic carbocycles. The lowest BCUT2D eigenvalue weighted by Gasteiger charge is -2.32. The number of benzene rings is 1. The Labute approximate surface area is 113 Å². The van der Waals surface area contributed by atoms with Crippen LogP contribution in [0.4, 0.5) is 0 Å². The molecule has 1 aromatic carbocycles. The van der Waals surface area contributed by atoms with Crippen LogP contribution in [0.2, 0.25) is 0 Å². The zero-order chi connectivity index (χ0) is 13.2. The summed E-state index contributed by atoms with van der Waals surface area (Å²) in [6.45, 7) is 1.74. The Bertz CT molecular complexity index is 411. The molecule has 17 heavy (non-hydrogen) atoms. The van der Waals surface area contributed by atoms with E-state index in [2.05, 4.69) is 15.9 Å². The molecular weight excluding hydrogens is 280 g/mol. The molecule has 0 aromatic heterocycles. The molecule has 88 valence electrons. The molecule has 6 heteroatoms. The van der Waals surface area contributed by atoms with Gasteiger partial charge >= 0.3 is 0 Å². The molecule has 0 saturated carbocycles. The van der Waals surface area contributed by atoms with Crippen molar-refractivity contribution in [2.75, 3.05) is 14.2 Å². The third-order valence-electron chi connectivity index (χ3n) is 2.69. The SMILES string of the molecule is [B]C([B])(c1cc(OC)c(Br)cc1OC)[C@@H](C)N.